The number of ether oxygens (including phenoxy) is 1. The monoisotopic (exact) mass is 573 g/mol. The van der Waals surface area contributed by atoms with Crippen molar-refractivity contribution in [2.45, 2.75) is 18.2 Å². The lowest BCUT2D eigenvalue weighted by Gasteiger charge is -2.12. The molecule has 1 amide bonds. The van der Waals surface area contributed by atoms with E-state index in [4.69, 9.17) is 27.9 Å². The third kappa shape index (κ3) is 5.73. The molecule has 4 aromatic rings. The molecule has 0 fully saturated rings. The van der Waals surface area contributed by atoms with Crippen molar-refractivity contribution in [2.24, 2.45) is 10.2 Å². The molecule has 0 saturated heterocycles. The summed E-state index contributed by atoms with van der Waals surface area (Å²) in [7, 11) is -3.07. The van der Waals surface area contributed by atoms with Crippen molar-refractivity contribution < 1.29 is 27.6 Å². The van der Waals surface area contributed by atoms with Crippen molar-refractivity contribution in [3.63, 3.8) is 0 Å². The van der Waals surface area contributed by atoms with Crippen molar-refractivity contribution in [3.05, 3.63) is 81.8 Å². The molecule has 0 saturated carbocycles. The summed E-state index contributed by atoms with van der Waals surface area (Å²) in [4.78, 5) is 12.7. The molecular formula is C26H21Cl2N3O6S. The maximum Gasteiger partial charge on any atom is 0.296 e. The van der Waals surface area contributed by atoms with E-state index in [1.165, 1.54) is 31.4 Å². The van der Waals surface area contributed by atoms with E-state index in [0.29, 0.717) is 39.2 Å². The van der Waals surface area contributed by atoms with Crippen LogP contribution in [0, 0.1) is 0 Å². The number of phenols is 1. The Labute approximate surface area is 228 Å². The number of azo groups is 1. The quantitative estimate of drug-likeness (QED) is 0.156. The molecule has 0 aliphatic rings. The fraction of sp³-hybridized carbons (Fsp3) is 0.115. The van der Waals surface area contributed by atoms with E-state index in [2.05, 4.69) is 15.5 Å². The summed E-state index contributed by atoms with van der Waals surface area (Å²) in [6, 6.07) is 15.7. The molecule has 196 valence electrons. The van der Waals surface area contributed by atoms with E-state index >= 15 is 0 Å². The summed E-state index contributed by atoms with van der Waals surface area (Å²) in [5.74, 6) is -0.600. The van der Waals surface area contributed by atoms with Gasteiger partial charge in [0.1, 0.15) is 16.3 Å². The van der Waals surface area contributed by atoms with E-state index < -0.39 is 26.7 Å². The molecule has 4 aromatic carbocycles. The van der Waals surface area contributed by atoms with Gasteiger partial charge in [0.05, 0.1) is 23.4 Å². The molecule has 38 heavy (non-hydrogen) atoms. The number of amides is 1. The first-order valence-corrected chi connectivity index (χ1v) is 13.3. The molecule has 0 aliphatic heterocycles. The minimum absolute atomic E-state index is 0.0222. The Kier molecular flexibility index (Phi) is 7.89. The molecule has 3 N–H and O–H groups in total. The molecule has 0 unspecified atom stereocenters. The third-order valence-corrected chi connectivity index (χ3v) is 7.19. The van der Waals surface area contributed by atoms with Gasteiger partial charge in [0, 0.05) is 22.2 Å². The molecule has 12 heteroatoms. The van der Waals surface area contributed by atoms with Gasteiger partial charge in [0.15, 0.2) is 5.75 Å². The first-order valence-electron chi connectivity index (χ1n) is 11.1. The van der Waals surface area contributed by atoms with Gasteiger partial charge in [-0.3, -0.25) is 9.35 Å². The van der Waals surface area contributed by atoms with Crippen LogP contribution in [0.15, 0.2) is 75.8 Å². The highest BCUT2D eigenvalue weighted by atomic mass is 35.5. The van der Waals surface area contributed by atoms with Gasteiger partial charge in [0.25, 0.3) is 16.0 Å². The number of phenolic OH excluding ortho intramolecular Hbond substituents is 1. The standard InChI is InChI=1S/C26H21Cl2N3O6S/c1-3-14-9-23(38(34,35)36)21(28)13-22(14)30-31-24-19-7-5-4-6-15(19)8-20(25(24)32)26(33)29-17-10-16(27)11-18(12-17)37-2/h4-13,32H,3H2,1-2H3,(H,29,33)(H,34,35,36). The van der Waals surface area contributed by atoms with Crippen LogP contribution in [0.25, 0.3) is 10.8 Å². The topological polar surface area (TPSA) is 138 Å². The van der Waals surface area contributed by atoms with Crippen LogP contribution >= 0.6 is 23.2 Å². The predicted octanol–water partition coefficient (Wildman–Crippen LogP) is 7.34. The molecule has 9 nitrogen and oxygen atoms in total. The van der Waals surface area contributed by atoms with Crippen LogP contribution < -0.4 is 10.1 Å². The highest BCUT2D eigenvalue weighted by Crippen LogP contribution is 2.41. The van der Waals surface area contributed by atoms with E-state index in [9.17, 15) is 22.9 Å². The predicted molar refractivity (Wildman–Crippen MR) is 146 cm³/mol. The number of methoxy groups -OCH3 is 1. The Hall–Kier alpha value is -3.70. The second-order valence-corrected chi connectivity index (χ2v) is 10.3. The van der Waals surface area contributed by atoms with Gasteiger partial charge in [-0.1, -0.05) is 54.4 Å². The first-order chi connectivity index (χ1) is 18.0. The largest absolute Gasteiger partial charge is 0.505 e. The number of nitrogens with one attached hydrogen (secondary N) is 1. The summed E-state index contributed by atoms with van der Waals surface area (Å²) in [5, 5.41) is 23.5. The molecule has 0 aliphatic carbocycles. The molecule has 0 heterocycles. The van der Waals surface area contributed by atoms with Gasteiger partial charge in [-0.05, 0) is 47.7 Å². The second kappa shape index (κ2) is 11.0. The van der Waals surface area contributed by atoms with Crippen molar-refractivity contribution in [3.8, 4) is 11.5 Å². The van der Waals surface area contributed by atoms with Crippen LogP contribution in [0.5, 0.6) is 11.5 Å². The summed E-state index contributed by atoms with van der Waals surface area (Å²) >= 11 is 12.2. The lowest BCUT2D eigenvalue weighted by molar-refractivity contribution is 0.102. The van der Waals surface area contributed by atoms with Gasteiger partial charge < -0.3 is 15.2 Å². The minimum Gasteiger partial charge on any atom is -0.505 e. The van der Waals surface area contributed by atoms with E-state index in [-0.39, 0.29) is 22.0 Å². The number of hydrogen-bond donors (Lipinski definition) is 3. The SMILES string of the molecule is CCc1cc(S(=O)(=O)O)c(Cl)cc1N=Nc1c(O)c(C(=O)Nc2cc(Cl)cc(OC)c2)cc2ccccc12. The molecule has 0 radical (unpaired) electrons. The molecule has 0 bridgehead atoms. The number of aromatic hydroxyl groups is 1. The number of aryl methyl sites for hydroxylation is 1. The summed E-state index contributed by atoms with van der Waals surface area (Å²) < 4.78 is 37.9. The average molecular weight is 574 g/mol. The third-order valence-electron chi connectivity index (χ3n) is 5.65. The van der Waals surface area contributed by atoms with Gasteiger partial charge in [-0.15, -0.1) is 5.11 Å². The van der Waals surface area contributed by atoms with E-state index in [0.717, 1.165) is 0 Å². The maximum atomic E-state index is 13.2. The van der Waals surface area contributed by atoms with Crippen molar-refractivity contribution >= 4 is 67.1 Å². The van der Waals surface area contributed by atoms with Crippen molar-refractivity contribution in [1.82, 2.24) is 0 Å². The van der Waals surface area contributed by atoms with Gasteiger partial charge in [-0.2, -0.15) is 13.5 Å². The zero-order chi connectivity index (χ0) is 27.6. The lowest BCUT2D eigenvalue weighted by Crippen LogP contribution is -2.12. The van der Waals surface area contributed by atoms with Crippen LogP contribution in [-0.2, 0) is 16.5 Å². The van der Waals surface area contributed by atoms with Gasteiger partial charge >= 0.3 is 0 Å². The first kappa shape index (κ1) is 27.3. The summed E-state index contributed by atoms with van der Waals surface area (Å²) in [6.07, 6.45) is 0.353. The Bertz CT molecular complexity index is 1710. The number of halogens is 2. The molecular weight excluding hydrogens is 553 g/mol. The number of rotatable bonds is 7. The normalized spacial score (nSPS) is 11.7. The minimum atomic E-state index is -4.54. The fourth-order valence-electron chi connectivity index (χ4n) is 3.81. The Morgan fingerprint density at radius 3 is 2.47 bits per heavy atom. The maximum absolute atomic E-state index is 13.2. The molecule has 0 atom stereocenters. The van der Waals surface area contributed by atoms with Crippen LogP contribution in [-0.4, -0.2) is 31.1 Å². The zero-order valence-corrected chi connectivity index (χ0v) is 22.4. The highest BCUT2D eigenvalue weighted by molar-refractivity contribution is 7.86. The smallest absolute Gasteiger partial charge is 0.296 e. The Balaban J connectivity index is 1.80. The molecule has 0 aromatic heterocycles. The number of anilines is 1. The van der Waals surface area contributed by atoms with E-state index in [1.54, 1.807) is 43.3 Å². The van der Waals surface area contributed by atoms with E-state index in [1.807, 2.05) is 0 Å². The summed E-state index contributed by atoms with van der Waals surface area (Å²) in [6.45, 7) is 1.76. The number of hydrogen-bond acceptors (Lipinski definition) is 7. The fourth-order valence-corrected chi connectivity index (χ4v) is 5.08. The van der Waals surface area contributed by atoms with Crippen molar-refractivity contribution in [1.29, 1.82) is 0 Å². The Morgan fingerprint density at radius 1 is 1.05 bits per heavy atom. The van der Waals surface area contributed by atoms with Crippen LogP contribution in [0.3, 0.4) is 0 Å². The molecule has 4 rings (SSSR count). The number of fused-ring (bicyclic) bond motifs is 1. The van der Waals surface area contributed by atoms with Crippen molar-refractivity contribution in [2.75, 3.05) is 12.4 Å². The lowest BCUT2D eigenvalue weighted by atomic mass is 10.0. The van der Waals surface area contributed by atoms with Crippen LogP contribution in [0.1, 0.15) is 22.8 Å². The average Bonchev–Trinajstić information content (AvgIpc) is 2.86. The number of carbonyl (C=O) groups excluding carboxylic acids is 1. The zero-order valence-electron chi connectivity index (χ0n) is 20.1. The molecule has 0 spiro atoms. The van der Waals surface area contributed by atoms with Crippen LogP contribution in [0.2, 0.25) is 10.0 Å². The van der Waals surface area contributed by atoms with Gasteiger partial charge in [-0.25, -0.2) is 0 Å². The Morgan fingerprint density at radius 2 is 1.79 bits per heavy atom. The number of nitrogens with zero attached hydrogens (tertiary/aromatic N) is 2. The summed E-state index contributed by atoms with van der Waals surface area (Å²) in [5.41, 5.74) is 0.991. The number of carbonyl (C=O) groups is 1. The highest BCUT2D eigenvalue weighted by Gasteiger charge is 2.20. The second-order valence-electron chi connectivity index (χ2n) is 8.12. The van der Waals surface area contributed by atoms with Crippen LogP contribution in [0.4, 0.5) is 17.1 Å². The number of benzene rings is 4. The van der Waals surface area contributed by atoms with Gasteiger partial charge in [0.2, 0.25) is 0 Å².